The van der Waals surface area contributed by atoms with Crippen LogP contribution in [-0.2, 0) is 15.8 Å². The van der Waals surface area contributed by atoms with Crippen molar-refractivity contribution >= 4 is 50.6 Å². The summed E-state index contributed by atoms with van der Waals surface area (Å²) in [6.07, 6.45) is -4.63. The summed E-state index contributed by atoms with van der Waals surface area (Å²) in [4.78, 5) is 24.6. The minimum Gasteiger partial charge on any atom is -0.377 e. The zero-order valence-corrected chi connectivity index (χ0v) is 20.0. The van der Waals surface area contributed by atoms with Gasteiger partial charge < -0.3 is 4.90 Å². The summed E-state index contributed by atoms with van der Waals surface area (Å²) >= 11 is 1.43. The molecule has 2 aromatic carbocycles. The van der Waals surface area contributed by atoms with E-state index in [2.05, 4.69) is 22.3 Å². The van der Waals surface area contributed by atoms with Gasteiger partial charge in [0.05, 0.1) is 11.1 Å². The highest BCUT2D eigenvalue weighted by Crippen LogP contribution is 2.38. The molecular weight excluding hydrogens is 467 g/mol. The van der Waals surface area contributed by atoms with Gasteiger partial charge in [-0.25, -0.2) is 0 Å². The fourth-order valence-electron chi connectivity index (χ4n) is 2.85. The van der Waals surface area contributed by atoms with Crippen LogP contribution in [0.25, 0.3) is 11.1 Å². The Morgan fingerprint density at radius 3 is 1.73 bits per heavy atom. The van der Waals surface area contributed by atoms with Crippen LogP contribution in [0, 0.1) is 22.3 Å². The van der Waals surface area contributed by atoms with Gasteiger partial charge >= 0.3 is 6.18 Å². The molecule has 0 unspecified atom stereocenters. The molecule has 0 N–H and O–H groups in total. The third-order valence-corrected chi connectivity index (χ3v) is 5.13. The number of carbonyl (C=O) groups is 2. The fourth-order valence-corrected chi connectivity index (χ4v) is 3.44. The molecule has 0 heterocycles. The van der Waals surface area contributed by atoms with Crippen LogP contribution in [0.4, 0.5) is 18.9 Å². The number of thioether (sulfide) groups is 2. The topological polar surface area (TPSA) is 37.4 Å². The summed E-state index contributed by atoms with van der Waals surface area (Å²) in [5.74, 6) is 5.60. The summed E-state index contributed by atoms with van der Waals surface area (Å²) in [6, 6.07) is 12.2. The maximum atomic E-state index is 13.9. The van der Waals surface area contributed by atoms with Gasteiger partial charge in [0.2, 0.25) is 0 Å². The predicted octanol–water partition coefficient (Wildman–Crippen LogP) is 6.16. The Labute approximate surface area is 199 Å². The molecule has 0 aliphatic rings. The van der Waals surface area contributed by atoms with Gasteiger partial charge in [-0.2, -0.15) is 13.2 Å². The second-order valence-electron chi connectivity index (χ2n) is 6.85. The first-order valence-corrected chi connectivity index (χ1v) is 11.2. The average molecular weight is 488 g/mol. The summed E-state index contributed by atoms with van der Waals surface area (Å²) in [6.45, 7) is 2.66. The van der Waals surface area contributed by atoms with Gasteiger partial charge in [0, 0.05) is 73.9 Å². The van der Waals surface area contributed by atoms with Crippen molar-refractivity contribution in [3.8, 4) is 22.3 Å². The van der Waals surface area contributed by atoms with Gasteiger partial charge in [0.1, 0.15) is 0 Å². The first kappa shape index (κ1) is 26.2. The van der Waals surface area contributed by atoms with E-state index in [0.29, 0.717) is 23.0 Å². The summed E-state index contributed by atoms with van der Waals surface area (Å²) in [5.41, 5.74) is 0.463. The van der Waals surface area contributed by atoms with Gasteiger partial charge in [-0.15, -0.1) is 0 Å². The highest BCUT2D eigenvalue weighted by atomic mass is 32.2. The van der Waals surface area contributed by atoms with Crippen molar-refractivity contribution in [1.29, 1.82) is 0 Å². The average Bonchev–Trinajstić information content (AvgIpc) is 2.74. The van der Waals surface area contributed by atoms with Crippen LogP contribution in [-0.4, -0.2) is 24.3 Å². The highest BCUT2D eigenvalue weighted by Gasteiger charge is 2.34. The quantitative estimate of drug-likeness (QED) is 0.383. The summed E-state index contributed by atoms with van der Waals surface area (Å²) in [5, 5.41) is 4.73. The number of hydrogen-bond donors (Lipinski definition) is 0. The Kier molecular flexibility index (Phi) is 9.28. The molecule has 0 atom stereocenters. The lowest BCUT2D eigenvalue weighted by molar-refractivity contribution is -0.137. The van der Waals surface area contributed by atoms with E-state index in [-0.39, 0.29) is 26.9 Å². The van der Waals surface area contributed by atoms with E-state index in [9.17, 15) is 22.8 Å². The molecule has 0 aromatic heterocycles. The monoisotopic (exact) mass is 487 g/mol. The lowest BCUT2D eigenvalue weighted by atomic mass is 9.91. The molecular formula is C25H20F3NO2S2. The molecule has 0 aliphatic carbocycles. The molecule has 0 aliphatic heterocycles. The van der Waals surface area contributed by atoms with Crippen molar-refractivity contribution in [1.82, 2.24) is 0 Å². The van der Waals surface area contributed by atoms with E-state index in [1.165, 1.54) is 32.0 Å². The molecule has 0 saturated carbocycles. The van der Waals surface area contributed by atoms with Gasteiger partial charge in [-0.3, -0.25) is 9.59 Å². The van der Waals surface area contributed by atoms with E-state index in [1.807, 2.05) is 0 Å². The second-order valence-corrected chi connectivity index (χ2v) is 8.81. The van der Waals surface area contributed by atoms with Crippen LogP contribution in [0.15, 0.2) is 48.5 Å². The van der Waals surface area contributed by atoms with Crippen molar-refractivity contribution in [3.05, 3.63) is 65.2 Å². The maximum absolute atomic E-state index is 13.9. The van der Waals surface area contributed by atoms with E-state index >= 15 is 0 Å². The molecule has 0 bridgehead atoms. The number of rotatable bonds is 3. The molecule has 0 spiro atoms. The van der Waals surface area contributed by atoms with Crippen LogP contribution in [0.3, 0.4) is 0 Å². The standard InChI is InChI=1S/C25H20F3NO2S2/c1-17(30)32-15-13-19(21-9-5-7-11-23(21)25(26,27)28)20(14-16-33-18(2)31)22-10-6-8-12-24(22)29(3)4/h5-12H,1-4H3/b20-19+. The molecule has 8 heteroatoms. The number of benzene rings is 2. The lowest BCUT2D eigenvalue weighted by Gasteiger charge is -2.19. The van der Waals surface area contributed by atoms with Crippen LogP contribution in [0.1, 0.15) is 30.5 Å². The number of halogens is 3. The van der Waals surface area contributed by atoms with Crippen LogP contribution >= 0.6 is 23.5 Å². The van der Waals surface area contributed by atoms with Crippen molar-refractivity contribution in [2.24, 2.45) is 0 Å². The molecule has 170 valence electrons. The Balaban J connectivity index is 3.00. The number of hydrogen-bond acceptors (Lipinski definition) is 5. The molecule has 2 rings (SSSR count). The molecule has 0 radical (unpaired) electrons. The molecule has 0 amide bonds. The zero-order valence-electron chi connectivity index (χ0n) is 18.3. The van der Waals surface area contributed by atoms with Crippen molar-refractivity contribution in [2.75, 3.05) is 19.0 Å². The number of anilines is 1. The number of carbonyl (C=O) groups excluding carboxylic acids is 2. The Hall–Kier alpha value is -3.07. The third-order valence-electron chi connectivity index (χ3n) is 4.15. The van der Waals surface area contributed by atoms with E-state index in [0.717, 1.165) is 17.8 Å². The third kappa shape index (κ3) is 7.49. The normalized spacial score (nSPS) is 11.4. The van der Waals surface area contributed by atoms with Crippen LogP contribution in [0.5, 0.6) is 0 Å². The minimum atomic E-state index is -4.63. The molecule has 2 aromatic rings. The number of allylic oxidation sites excluding steroid dienone is 2. The Morgan fingerprint density at radius 2 is 1.24 bits per heavy atom. The molecule has 0 saturated heterocycles. The number of nitrogens with zero attached hydrogens (tertiary/aromatic N) is 1. The largest absolute Gasteiger partial charge is 0.417 e. The van der Waals surface area contributed by atoms with Gasteiger partial charge in [-0.1, -0.05) is 48.2 Å². The van der Waals surface area contributed by atoms with Gasteiger partial charge in [0.25, 0.3) is 0 Å². The first-order valence-electron chi connectivity index (χ1n) is 9.56. The van der Waals surface area contributed by atoms with E-state index < -0.39 is 11.7 Å². The smallest absolute Gasteiger partial charge is 0.377 e. The molecule has 33 heavy (non-hydrogen) atoms. The maximum Gasteiger partial charge on any atom is 0.417 e. The Bertz CT molecular complexity index is 1210. The molecule has 0 fully saturated rings. The number of alkyl halides is 3. The Morgan fingerprint density at radius 1 is 0.788 bits per heavy atom. The second kappa shape index (κ2) is 11.7. The highest BCUT2D eigenvalue weighted by molar-refractivity contribution is 8.17. The molecule has 3 nitrogen and oxygen atoms in total. The van der Waals surface area contributed by atoms with Gasteiger partial charge in [0.15, 0.2) is 10.2 Å². The van der Waals surface area contributed by atoms with Crippen LogP contribution in [0.2, 0.25) is 0 Å². The fraction of sp³-hybridized carbons (Fsp3) is 0.200. The zero-order chi connectivity index (χ0) is 24.6. The van der Waals surface area contributed by atoms with Crippen molar-refractivity contribution < 1.29 is 22.8 Å². The SMILES string of the molecule is CC(=O)SC#C/C(=C(/C#CSC(C)=O)c1ccccc1C(F)(F)F)c1ccccc1N(C)C. The number of para-hydroxylation sites is 1. The first-order chi connectivity index (χ1) is 15.5. The van der Waals surface area contributed by atoms with Crippen LogP contribution < -0.4 is 4.90 Å². The predicted molar refractivity (Wildman–Crippen MR) is 131 cm³/mol. The van der Waals surface area contributed by atoms with E-state index in [1.54, 1.807) is 43.3 Å². The van der Waals surface area contributed by atoms with Crippen molar-refractivity contribution in [2.45, 2.75) is 20.0 Å². The summed E-state index contributed by atoms with van der Waals surface area (Å²) in [7, 11) is 3.60. The summed E-state index contributed by atoms with van der Waals surface area (Å²) < 4.78 is 41.6. The lowest BCUT2D eigenvalue weighted by Crippen LogP contribution is -2.12. The van der Waals surface area contributed by atoms with Gasteiger partial charge in [-0.05, 0) is 22.6 Å². The van der Waals surface area contributed by atoms with E-state index in [4.69, 9.17) is 0 Å². The van der Waals surface area contributed by atoms with Crippen molar-refractivity contribution in [3.63, 3.8) is 0 Å². The minimum absolute atomic E-state index is 0.0163.